The van der Waals surface area contributed by atoms with E-state index in [2.05, 4.69) is 0 Å². The highest BCUT2D eigenvalue weighted by atomic mass is 35.5. The number of halogens is 1. The number of carbonyl (C=O) groups excluding carboxylic acids is 1. The molecule has 0 bridgehead atoms. The van der Waals surface area contributed by atoms with Gasteiger partial charge < -0.3 is 4.74 Å². The fraction of sp³-hybridized carbons (Fsp3) is 0.833. The third kappa shape index (κ3) is 2.35. The Kier molecular flexibility index (Phi) is 2.63. The van der Waals surface area contributed by atoms with Crippen LogP contribution in [0.1, 0.15) is 6.92 Å². The van der Waals surface area contributed by atoms with E-state index in [4.69, 9.17) is 16.3 Å². The number of hydrogen-bond donors (Lipinski definition) is 0. The molecule has 1 aliphatic rings. The molecule has 6 heteroatoms. The standard InChI is InChI=1S/C6H9ClO4S/c1-4(8)11-6-3-12(9,10)2-5(6)7/h5-6H,2-3H2,1H3/t5-,6+/m0/s1. The molecule has 0 N–H and O–H groups in total. The summed E-state index contributed by atoms with van der Waals surface area (Å²) in [5.74, 6) is -0.754. The molecule has 0 radical (unpaired) electrons. The maximum absolute atomic E-state index is 11.0. The van der Waals surface area contributed by atoms with Gasteiger partial charge in [0.25, 0.3) is 0 Å². The first-order chi connectivity index (χ1) is 5.41. The van der Waals surface area contributed by atoms with E-state index in [-0.39, 0.29) is 11.5 Å². The topological polar surface area (TPSA) is 60.4 Å². The number of hydrogen-bond acceptors (Lipinski definition) is 4. The Bertz CT molecular complexity index is 284. The third-order valence-corrected chi connectivity index (χ3v) is 3.87. The molecular weight excluding hydrogens is 204 g/mol. The summed E-state index contributed by atoms with van der Waals surface area (Å²) >= 11 is 5.65. The SMILES string of the molecule is CC(=O)O[C@@H]1CS(=O)(=O)C[C@@H]1Cl. The van der Waals surface area contributed by atoms with Crippen molar-refractivity contribution < 1.29 is 17.9 Å². The van der Waals surface area contributed by atoms with Gasteiger partial charge in [0, 0.05) is 6.92 Å². The Labute approximate surface area is 75.8 Å². The zero-order valence-corrected chi connectivity index (χ0v) is 8.06. The second-order valence-electron chi connectivity index (χ2n) is 2.74. The molecule has 0 unspecified atom stereocenters. The van der Waals surface area contributed by atoms with Crippen LogP contribution in [-0.4, -0.2) is 37.4 Å². The van der Waals surface area contributed by atoms with Crippen LogP contribution in [0.2, 0.25) is 0 Å². The maximum atomic E-state index is 11.0. The van der Waals surface area contributed by atoms with Crippen LogP contribution in [0, 0.1) is 0 Å². The fourth-order valence-corrected chi connectivity index (χ4v) is 3.55. The molecule has 1 saturated heterocycles. The molecule has 1 fully saturated rings. The molecule has 1 rings (SSSR count). The Morgan fingerprint density at radius 2 is 2.08 bits per heavy atom. The van der Waals surface area contributed by atoms with Crippen molar-refractivity contribution in [2.24, 2.45) is 0 Å². The summed E-state index contributed by atoms with van der Waals surface area (Å²) in [6.45, 7) is 1.23. The molecule has 0 aliphatic carbocycles. The van der Waals surface area contributed by atoms with Gasteiger partial charge in [-0.3, -0.25) is 4.79 Å². The first-order valence-corrected chi connectivity index (χ1v) is 5.68. The van der Waals surface area contributed by atoms with Crippen LogP contribution >= 0.6 is 11.6 Å². The highest BCUT2D eigenvalue weighted by molar-refractivity contribution is 7.91. The van der Waals surface area contributed by atoms with E-state index >= 15 is 0 Å². The maximum Gasteiger partial charge on any atom is 0.302 e. The minimum absolute atomic E-state index is 0.105. The van der Waals surface area contributed by atoms with Crippen molar-refractivity contribution in [1.29, 1.82) is 0 Å². The van der Waals surface area contributed by atoms with E-state index in [1.54, 1.807) is 0 Å². The van der Waals surface area contributed by atoms with Gasteiger partial charge in [-0.25, -0.2) is 8.42 Å². The van der Waals surface area contributed by atoms with Crippen molar-refractivity contribution in [3.05, 3.63) is 0 Å². The molecule has 70 valence electrons. The van der Waals surface area contributed by atoms with Crippen molar-refractivity contribution in [1.82, 2.24) is 0 Å². The van der Waals surface area contributed by atoms with Crippen molar-refractivity contribution >= 4 is 27.4 Å². The first-order valence-electron chi connectivity index (χ1n) is 3.42. The van der Waals surface area contributed by atoms with E-state index in [1.165, 1.54) is 6.92 Å². The van der Waals surface area contributed by atoms with E-state index in [1.807, 2.05) is 0 Å². The van der Waals surface area contributed by atoms with Crippen LogP contribution in [0.25, 0.3) is 0 Å². The smallest absolute Gasteiger partial charge is 0.302 e. The summed E-state index contributed by atoms with van der Waals surface area (Å²) in [4.78, 5) is 10.5. The van der Waals surface area contributed by atoms with E-state index in [9.17, 15) is 13.2 Å². The summed E-state index contributed by atoms with van der Waals surface area (Å²) in [6, 6.07) is 0. The molecule has 1 heterocycles. The van der Waals surface area contributed by atoms with Gasteiger partial charge in [0.2, 0.25) is 0 Å². The van der Waals surface area contributed by atoms with Gasteiger partial charge in [-0.2, -0.15) is 0 Å². The largest absolute Gasteiger partial charge is 0.460 e. The highest BCUT2D eigenvalue weighted by Gasteiger charge is 2.38. The van der Waals surface area contributed by atoms with Crippen LogP contribution in [-0.2, 0) is 19.4 Å². The van der Waals surface area contributed by atoms with Crippen LogP contribution in [0.3, 0.4) is 0 Å². The molecule has 0 aromatic heterocycles. The van der Waals surface area contributed by atoms with Gasteiger partial charge in [-0.1, -0.05) is 0 Å². The lowest BCUT2D eigenvalue weighted by molar-refractivity contribution is -0.144. The van der Waals surface area contributed by atoms with Gasteiger partial charge in [0.05, 0.1) is 16.9 Å². The average molecular weight is 213 g/mol. The van der Waals surface area contributed by atoms with Gasteiger partial charge in [0.15, 0.2) is 9.84 Å². The Morgan fingerprint density at radius 1 is 1.50 bits per heavy atom. The Morgan fingerprint density at radius 3 is 2.42 bits per heavy atom. The van der Waals surface area contributed by atoms with Crippen LogP contribution < -0.4 is 0 Å². The molecule has 0 spiro atoms. The van der Waals surface area contributed by atoms with Crippen molar-refractivity contribution in [2.45, 2.75) is 18.4 Å². The van der Waals surface area contributed by atoms with E-state index in [0.717, 1.165) is 0 Å². The lowest BCUT2D eigenvalue weighted by Gasteiger charge is -2.10. The number of rotatable bonds is 1. The van der Waals surface area contributed by atoms with E-state index < -0.39 is 27.3 Å². The minimum Gasteiger partial charge on any atom is -0.460 e. The molecule has 12 heavy (non-hydrogen) atoms. The fourth-order valence-electron chi connectivity index (χ4n) is 1.09. The minimum atomic E-state index is -3.10. The second-order valence-corrected chi connectivity index (χ2v) is 5.46. The lowest BCUT2D eigenvalue weighted by atomic mass is 10.3. The van der Waals surface area contributed by atoms with Gasteiger partial charge in [-0.05, 0) is 0 Å². The summed E-state index contributed by atoms with van der Waals surface area (Å²) in [7, 11) is -3.10. The number of sulfone groups is 1. The zero-order chi connectivity index (χ0) is 9.35. The first kappa shape index (κ1) is 9.80. The summed E-state index contributed by atoms with van der Waals surface area (Å²) in [6.07, 6.45) is -0.672. The van der Waals surface area contributed by atoms with Gasteiger partial charge >= 0.3 is 5.97 Å². The molecule has 0 amide bonds. The summed E-state index contributed by atoms with van der Waals surface area (Å²) in [5.41, 5.74) is 0. The normalized spacial score (nSPS) is 33.2. The van der Waals surface area contributed by atoms with Crippen molar-refractivity contribution in [2.75, 3.05) is 11.5 Å². The van der Waals surface area contributed by atoms with E-state index in [0.29, 0.717) is 0 Å². The van der Waals surface area contributed by atoms with Crippen molar-refractivity contribution in [3.8, 4) is 0 Å². The molecule has 4 nitrogen and oxygen atoms in total. The summed E-state index contributed by atoms with van der Waals surface area (Å²) in [5, 5.41) is -0.598. The van der Waals surface area contributed by atoms with Crippen molar-refractivity contribution in [3.63, 3.8) is 0 Å². The van der Waals surface area contributed by atoms with Crippen LogP contribution in [0.4, 0.5) is 0 Å². The predicted octanol–water partition coefficient (Wildman–Crippen LogP) is -0.0461. The van der Waals surface area contributed by atoms with Crippen LogP contribution in [0.5, 0.6) is 0 Å². The summed E-state index contributed by atoms with van der Waals surface area (Å²) < 4.78 is 26.6. The molecule has 0 aromatic rings. The van der Waals surface area contributed by atoms with Gasteiger partial charge in [-0.15, -0.1) is 11.6 Å². The monoisotopic (exact) mass is 212 g/mol. The second kappa shape index (κ2) is 3.22. The Balaban J connectivity index is 2.64. The molecular formula is C6H9ClO4S. The molecule has 0 saturated carbocycles. The number of alkyl halides is 1. The quantitative estimate of drug-likeness (QED) is 0.452. The predicted molar refractivity (Wildman–Crippen MR) is 43.8 cm³/mol. The molecule has 0 aromatic carbocycles. The average Bonchev–Trinajstić information content (AvgIpc) is 2.03. The highest BCUT2D eigenvalue weighted by Crippen LogP contribution is 2.20. The number of carbonyl (C=O) groups is 1. The zero-order valence-electron chi connectivity index (χ0n) is 6.49. The van der Waals surface area contributed by atoms with Gasteiger partial charge in [0.1, 0.15) is 6.10 Å². The Hall–Kier alpha value is -0.290. The number of ether oxygens (including phenoxy) is 1. The number of esters is 1. The third-order valence-electron chi connectivity index (χ3n) is 1.55. The lowest BCUT2D eigenvalue weighted by Crippen LogP contribution is -2.24. The van der Waals surface area contributed by atoms with Crippen LogP contribution in [0.15, 0.2) is 0 Å². The molecule has 1 aliphatic heterocycles. The molecule has 2 atom stereocenters.